The third-order valence-electron chi connectivity index (χ3n) is 3.24. The van der Waals surface area contributed by atoms with Gasteiger partial charge in [0.25, 0.3) is 0 Å². The van der Waals surface area contributed by atoms with Crippen molar-refractivity contribution in [1.29, 1.82) is 0 Å². The summed E-state index contributed by atoms with van der Waals surface area (Å²) in [4.78, 5) is 22.7. The lowest BCUT2D eigenvalue weighted by molar-refractivity contribution is 0.0695. The molecule has 22 heavy (non-hydrogen) atoms. The molecule has 0 aliphatic carbocycles. The van der Waals surface area contributed by atoms with Crippen LogP contribution >= 0.6 is 0 Å². The highest BCUT2D eigenvalue weighted by molar-refractivity contribution is 5.92. The van der Waals surface area contributed by atoms with Crippen LogP contribution in [0.2, 0.25) is 0 Å². The molecule has 0 fully saturated rings. The zero-order valence-corrected chi connectivity index (χ0v) is 12.5. The third-order valence-corrected chi connectivity index (χ3v) is 3.24. The number of benzene rings is 1. The fraction of sp³-hybridized carbons (Fsp3) is 0.250. The van der Waals surface area contributed by atoms with Gasteiger partial charge < -0.3 is 19.0 Å². The number of rotatable bonds is 6. The summed E-state index contributed by atoms with van der Waals surface area (Å²) in [6.07, 6.45) is 0.176. The highest BCUT2D eigenvalue weighted by Gasteiger charge is 2.21. The number of Topliss-reactive ketones (excluding diaryl/α,β-unsaturated/α-hetero) is 1. The number of hydrogen-bond donors (Lipinski definition) is 1. The lowest BCUT2D eigenvalue weighted by Gasteiger charge is -2.14. The Morgan fingerprint density at radius 1 is 1.14 bits per heavy atom. The van der Waals surface area contributed by atoms with Crippen LogP contribution in [0.1, 0.15) is 39.2 Å². The van der Waals surface area contributed by atoms with Crippen molar-refractivity contribution in [2.75, 3.05) is 14.2 Å². The first kappa shape index (κ1) is 15.6. The van der Waals surface area contributed by atoms with Gasteiger partial charge in [0.1, 0.15) is 5.76 Å². The topological polar surface area (TPSA) is 86.0 Å². The molecule has 6 heteroatoms. The minimum absolute atomic E-state index is 0.0958. The smallest absolute Gasteiger partial charge is 0.336 e. The summed E-state index contributed by atoms with van der Waals surface area (Å²) in [5.74, 6) is 0.202. The first-order chi connectivity index (χ1) is 10.5. The highest BCUT2D eigenvalue weighted by atomic mass is 16.5. The van der Waals surface area contributed by atoms with Crippen LogP contribution in [0.5, 0.6) is 11.5 Å². The van der Waals surface area contributed by atoms with Crippen molar-refractivity contribution in [2.24, 2.45) is 0 Å². The summed E-state index contributed by atoms with van der Waals surface area (Å²) in [7, 11) is 2.92. The monoisotopic (exact) mass is 304 g/mol. The number of ether oxygens (including phenoxy) is 2. The molecule has 0 radical (unpaired) electrons. The van der Waals surface area contributed by atoms with Crippen molar-refractivity contribution in [2.45, 2.75) is 13.3 Å². The van der Waals surface area contributed by atoms with E-state index in [2.05, 4.69) is 0 Å². The molecular weight excluding hydrogens is 288 g/mol. The maximum absolute atomic E-state index is 11.4. The van der Waals surface area contributed by atoms with Gasteiger partial charge in [-0.3, -0.25) is 4.79 Å². The molecular formula is C16H16O6. The summed E-state index contributed by atoms with van der Waals surface area (Å²) in [6, 6.07) is 6.19. The first-order valence-electron chi connectivity index (χ1n) is 6.54. The van der Waals surface area contributed by atoms with Crippen LogP contribution in [0.15, 0.2) is 28.7 Å². The van der Waals surface area contributed by atoms with Gasteiger partial charge in [0, 0.05) is 18.9 Å². The van der Waals surface area contributed by atoms with Crippen LogP contribution in [0.4, 0.5) is 0 Å². The number of aromatic carboxylic acids is 1. The Hall–Kier alpha value is -2.76. The van der Waals surface area contributed by atoms with Crippen LogP contribution < -0.4 is 9.47 Å². The molecule has 0 amide bonds. The maximum atomic E-state index is 11.4. The molecule has 0 spiro atoms. The SMILES string of the molecule is COc1ccc(C(=O)O)c(Cc2ccc(C(C)=O)o2)c1OC. The predicted molar refractivity (Wildman–Crippen MR) is 78.0 cm³/mol. The average molecular weight is 304 g/mol. The van der Waals surface area contributed by atoms with Gasteiger partial charge in [-0.2, -0.15) is 0 Å². The molecule has 0 aliphatic heterocycles. The Labute approximate surface area is 127 Å². The van der Waals surface area contributed by atoms with Crippen molar-refractivity contribution in [3.63, 3.8) is 0 Å². The van der Waals surface area contributed by atoms with Crippen LogP contribution in [0, 0.1) is 0 Å². The molecule has 1 N–H and O–H groups in total. The fourth-order valence-corrected chi connectivity index (χ4v) is 2.20. The largest absolute Gasteiger partial charge is 0.493 e. The lowest BCUT2D eigenvalue weighted by Crippen LogP contribution is -2.06. The second-order valence-corrected chi connectivity index (χ2v) is 4.63. The molecule has 0 unspecified atom stereocenters. The van der Waals surface area contributed by atoms with Gasteiger partial charge in [0.05, 0.1) is 19.8 Å². The summed E-state index contributed by atoms with van der Waals surface area (Å²) in [5.41, 5.74) is 0.525. The summed E-state index contributed by atoms with van der Waals surface area (Å²) >= 11 is 0. The summed E-state index contributed by atoms with van der Waals surface area (Å²) in [5, 5.41) is 9.34. The summed E-state index contributed by atoms with van der Waals surface area (Å²) in [6.45, 7) is 1.40. The van der Waals surface area contributed by atoms with Crippen molar-refractivity contribution >= 4 is 11.8 Å². The molecule has 116 valence electrons. The van der Waals surface area contributed by atoms with Crippen molar-refractivity contribution in [3.05, 3.63) is 46.9 Å². The number of methoxy groups -OCH3 is 2. The van der Waals surface area contributed by atoms with E-state index in [0.717, 1.165) is 0 Å². The average Bonchev–Trinajstić information content (AvgIpc) is 2.95. The maximum Gasteiger partial charge on any atom is 0.336 e. The molecule has 0 saturated heterocycles. The predicted octanol–water partition coefficient (Wildman–Crippen LogP) is 2.79. The molecule has 0 bridgehead atoms. The molecule has 2 aromatic rings. The van der Waals surface area contributed by atoms with E-state index in [1.807, 2.05) is 0 Å². The second-order valence-electron chi connectivity index (χ2n) is 4.63. The number of carboxylic acids is 1. The molecule has 1 aromatic heterocycles. The number of furan rings is 1. The normalized spacial score (nSPS) is 10.3. The molecule has 6 nitrogen and oxygen atoms in total. The molecule has 2 rings (SSSR count). The highest BCUT2D eigenvalue weighted by Crippen LogP contribution is 2.35. The van der Waals surface area contributed by atoms with E-state index < -0.39 is 5.97 Å². The molecule has 0 atom stereocenters. The van der Waals surface area contributed by atoms with Gasteiger partial charge in [-0.1, -0.05) is 0 Å². The van der Waals surface area contributed by atoms with Gasteiger partial charge in [0.2, 0.25) is 0 Å². The fourth-order valence-electron chi connectivity index (χ4n) is 2.20. The molecule has 0 aliphatic rings. The van der Waals surface area contributed by atoms with Crippen LogP contribution in [0.3, 0.4) is 0 Å². The number of hydrogen-bond acceptors (Lipinski definition) is 5. The van der Waals surface area contributed by atoms with E-state index in [1.54, 1.807) is 12.1 Å². The first-order valence-corrected chi connectivity index (χ1v) is 6.54. The van der Waals surface area contributed by atoms with E-state index in [1.165, 1.54) is 33.3 Å². The van der Waals surface area contributed by atoms with E-state index >= 15 is 0 Å². The van der Waals surface area contributed by atoms with E-state index in [9.17, 15) is 14.7 Å². The van der Waals surface area contributed by atoms with E-state index in [-0.39, 0.29) is 23.5 Å². The van der Waals surface area contributed by atoms with E-state index in [0.29, 0.717) is 22.8 Å². The minimum atomic E-state index is -1.07. The minimum Gasteiger partial charge on any atom is -0.493 e. The Kier molecular flexibility index (Phi) is 4.50. The van der Waals surface area contributed by atoms with Gasteiger partial charge in [0.15, 0.2) is 23.0 Å². The van der Waals surface area contributed by atoms with Crippen LogP contribution in [-0.2, 0) is 6.42 Å². The Bertz CT molecular complexity index is 713. The van der Waals surface area contributed by atoms with Crippen LogP contribution in [0.25, 0.3) is 0 Å². The standard InChI is InChI=1S/C16H16O6/c1-9(17)13-6-4-10(22-13)8-12-11(16(18)19)5-7-14(20-2)15(12)21-3/h4-7H,8H2,1-3H3,(H,18,19). The number of carbonyl (C=O) groups excluding carboxylic acids is 1. The van der Waals surface area contributed by atoms with Crippen LogP contribution in [-0.4, -0.2) is 31.1 Å². The molecule has 0 saturated carbocycles. The number of carboxylic acid groups (broad SMARTS) is 1. The molecule has 1 aromatic carbocycles. The summed E-state index contributed by atoms with van der Waals surface area (Å²) < 4.78 is 15.9. The van der Waals surface area contributed by atoms with Crippen molar-refractivity contribution in [1.82, 2.24) is 0 Å². The number of ketones is 1. The quantitative estimate of drug-likeness (QED) is 0.826. The van der Waals surface area contributed by atoms with Gasteiger partial charge in [-0.15, -0.1) is 0 Å². The molecule has 1 heterocycles. The number of carbonyl (C=O) groups is 2. The Morgan fingerprint density at radius 3 is 2.36 bits per heavy atom. The Morgan fingerprint density at radius 2 is 1.86 bits per heavy atom. The third kappa shape index (κ3) is 2.95. The van der Waals surface area contributed by atoms with Gasteiger partial charge in [-0.25, -0.2) is 4.79 Å². The van der Waals surface area contributed by atoms with Crippen molar-refractivity contribution < 1.29 is 28.6 Å². The van der Waals surface area contributed by atoms with Gasteiger partial charge >= 0.3 is 5.97 Å². The zero-order valence-electron chi connectivity index (χ0n) is 12.5. The zero-order chi connectivity index (χ0) is 16.3. The lowest BCUT2D eigenvalue weighted by atomic mass is 10.0. The Balaban J connectivity index is 2.50. The van der Waals surface area contributed by atoms with Crippen molar-refractivity contribution in [3.8, 4) is 11.5 Å². The van der Waals surface area contributed by atoms with E-state index in [4.69, 9.17) is 13.9 Å². The second kappa shape index (κ2) is 6.34. The van der Waals surface area contributed by atoms with Gasteiger partial charge in [-0.05, 0) is 24.3 Å².